The van der Waals surface area contributed by atoms with Crippen LogP contribution in [-0.2, 0) is 9.53 Å². The van der Waals surface area contributed by atoms with Crippen LogP contribution in [0.15, 0.2) is 24.3 Å². The Labute approximate surface area is 124 Å². The van der Waals surface area contributed by atoms with Crippen molar-refractivity contribution in [3.63, 3.8) is 0 Å². The van der Waals surface area contributed by atoms with Gasteiger partial charge in [-0.3, -0.25) is 0 Å². The van der Waals surface area contributed by atoms with E-state index in [9.17, 15) is 9.90 Å². The highest BCUT2D eigenvalue weighted by Gasteiger charge is 2.43. The van der Waals surface area contributed by atoms with Gasteiger partial charge in [-0.25, -0.2) is 4.79 Å². The van der Waals surface area contributed by atoms with E-state index < -0.39 is 11.5 Å². The second-order valence-electron chi connectivity index (χ2n) is 5.23. The summed E-state index contributed by atoms with van der Waals surface area (Å²) in [6, 6.07) is 7.22. The Morgan fingerprint density at radius 2 is 2.30 bits per heavy atom. The lowest BCUT2D eigenvalue weighted by atomic mass is 9.85. The van der Waals surface area contributed by atoms with Gasteiger partial charge in [0, 0.05) is 19.4 Å². The standard InChI is InChI=1S/C15H20ClNO3/c1-2-5-11-10-15(14(18)19,8-9-20-11)17-13-7-4-3-6-12(13)16/h3-4,6-7,11,17H,2,5,8-10H2,1H3,(H,18,19). The van der Waals surface area contributed by atoms with Crippen molar-refractivity contribution in [2.75, 3.05) is 11.9 Å². The van der Waals surface area contributed by atoms with E-state index in [1.54, 1.807) is 12.1 Å². The highest BCUT2D eigenvalue weighted by molar-refractivity contribution is 6.33. The largest absolute Gasteiger partial charge is 0.480 e. The normalized spacial score (nSPS) is 26.2. The fraction of sp³-hybridized carbons (Fsp3) is 0.533. The first-order chi connectivity index (χ1) is 9.57. The van der Waals surface area contributed by atoms with E-state index in [4.69, 9.17) is 16.3 Å². The molecule has 2 atom stereocenters. The van der Waals surface area contributed by atoms with Gasteiger partial charge in [-0.2, -0.15) is 0 Å². The molecule has 110 valence electrons. The van der Waals surface area contributed by atoms with Gasteiger partial charge in [0.25, 0.3) is 0 Å². The van der Waals surface area contributed by atoms with E-state index in [0.717, 1.165) is 12.8 Å². The van der Waals surface area contributed by atoms with Crippen molar-refractivity contribution in [3.05, 3.63) is 29.3 Å². The first-order valence-corrected chi connectivity index (χ1v) is 7.33. The maximum atomic E-state index is 11.8. The molecule has 0 bridgehead atoms. The van der Waals surface area contributed by atoms with Crippen LogP contribution in [0.25, 0.3) is 0 Å². The van der Waals surface area contributed by atoms with Crippen LogP contribution in [0, 0.1) is 0 Å². The van der Waals surface area contributed by atoms with E-state index in [0.29, 0.717) is 30.2 Å². The van der Waals surface area contributed by atoms with Crippen LogP contribution in [-0.4, -0.2) is 29.3 Å². The fourth-order valence-corrected chi connectivity index (χ4v) is 2.82. The Bertz CT molecular complexity index is 478. The zero-order chi connectivity index (χ0) is 14.6. The highest BCUT2D eigenvalue weighted by Crippen LogP contribution is 2.33. The second-order valence-corrected chi connectivity index (χ2v) is 5.63. The molecule has 2 unspecified atom stereocenters. The average Bonchev–Trinajstić information content (AvgIpc) is 2.42. The Balaban J connectivity index is 2.21. The molecule has 0 amide bonds. The molecule has 0 saturated carbocycles. The van der Waals surface area contributed by atoms with Crippen LogP contribution < -0.4 is 5.32 Å². The van der Waals surface area contributed by atoms with Crippen LogP contribution in [0.3, 0.4) is 0 Å². The molecule has 0 aliphatic carbocycles. The third kappa shape index (κ3) is 3.25. The molecule has 2 N–H and O–H groups in total. The molecule has 1 aliphatic rings. The first kappa shape index (κ1) is 15.1. The molecule has 20 heavy (non-hydrogen) atoms. The molecule has 1 heterocycles. The summed E-state index contributed by atoms with van der Waals surface area (Å²) >= 11 is 6.12. The number of rotatable bonds is 5. The smallest absolute Gasteiger partial charge is 0.329 e. The molecule has 1 aromatic carbocycles. The number of carbonyl (C=O) groups is 1. The minimum atomic E-state index is -0.997. The Kier molecular flexibility index (Phi) is 4.89. The predicted octanol–water partition coefficient (Wildman–Crippen LogP) is 3.55. The van der Waals surface area contributed by atoms with Gasteiger partial charge in [-0.15, -0.1) is 0 Å². The summed E-state index contributed by atoms with van der Waals surface area (Å²) < 4.78 is 5.66. The van der Waals surface area contributed by atoms with E-state index in [-0.39, 0.29) is 6.10 Å². The molecular weight excluding hydrogens is 278 g/mol. The molecule has 4 nitrogen and oxygen atoms in total. The number of aliphatic carboxylic acids is 1. The number of nitrogens with one attached hydrogen (secondary N) is 1. The van der Waals surface area contributed by atoms with Crippen LogP contribution in [0.1, 0.15) is 32.6 Å². The Morgan fingerprint density at radius 1 is 1.55 bits per heavy atom. The van der Waals surface area contributed by atoms with Gasteiger partial charge in [-0.1, -0.05) is 37.1 Å². The fourth-order valence-electron chi connectivity index (χ4n) is 2.64. The average molecular weight is 298 g/mol. The number of halogens is 1. The highest BCUT2D eigenvalue weighted by atomic mass is 35.5. The van der Waals surface area contributed by atoms with Crippen LogP contribution >= 0.6 is 11.6 Å². The van der Waals surface area contributed by atoms with Gasteiger partial charge >= 0.3 is 5.97 Å². The van der Waals surface area contributed by atoms with Crippen molar-refractivity contribution in [2.45, 2.75) is 44.2 Å². The van der Waals surface area contributed by atoms with Gasteiger partial charge in [-0.05, 0) is 18.6 Å². The van der Waals surface area contributed by atoms with E-state index in [2.05, 4.69) is 12.2 Å². The summed E-state index contributed by atoms with van der Waals surface area (Å²) in [6.45, 7) is 2.52. The number of ether oxygens (including phenoxy) is 1. The third-order valence-corrected chi connectivity index (χ3v) is 4.06. The number of hydrogen-bond donors (Lipinski definition) is 2. The Morgan fingerprint density at radius 3 is 2.95 bits per heavy atom. The van der Waals surface area contributed by atoms with Crippen LogP contribution in [0.4, 0.5) is 5.69 Å². The minimum absolute atomic E-state index is 0.0140. The van der Waals surface area contributed by atoms with Crippen LogP contribution in [0.2, 0.25) is 5.02 Å². The molecule has 0 aromatic heterocycles. The number of hydrogen-bond acceptors (Lipinski definition) is 3. The summed E-state index contributed by atoms with van der Waals surface area (Å²) in [5, 5.41) is 13.3. The molecule has 2 rings (SSSR count). The van der Waals surface area contributed by atoms with Crippen molar-refractivity contribution in [3.8, 4) is 0 Å². The van der Waals surface area contributed by atoms with Crippen molar-refractivity contribution in [1.82, 2.24) is 0 Å². The SMILES string of the molecule is CCCC1CC(Nc2ccccc2Cl)(C(=O)O)CCO1. The molecular formula is C15H20ClNO3. The van der Waals surface area contributed by atoms with Crippen molar-refractivity contribution in [2.24, 2.45) is 0 Å². The summed E-state index contributed by atoms with van der Waals surface area (Å²) in [6.07, 6.45) is 2.74. The summed E-state index contributed by atoms with van der Waals surface area (Å²) in [4.78, 5) is 11.8. The molecule has 0 radical (unpaired) electrons. The first-order valence-electron chi connectivity index (χ1n) is 6.95. The summed E-state index contributed by atoms with van der Waals surface area (Å²) in [7, 11) is 0. The topological polar surface area (TPSA) is 58.6 Å². The quantitative estimate of drug-likeness (QED) is 0.872. The van der Waals surface area contributed by atoms with E-state index >= 15 is 0 Å². The minimum Gasteiger partial charge on any atom is -0.480 e. The zero-order valence-corrected chi connectivity index (χ0v) is 12.3. The Hall–Kier alpha value is -1.26. The predicted molar refractivity (Wildman–Crippen MR) is 79.3 cm³/mol. The maximum absolute atomic E-state index is 11.8. The molecule has 1 aromatic rings. The van der Waals surface area contributed by atoms with E-state index in [1.807, 2.05) is 12.1 Å². The second kappa shape index (κ2) is 6.46. The molecule has 0 spiro atoms. The van der Waals surface area contributed by atoms with Gasteiger partial charge in [0.2, 0.25) is 0 Å². The summed E-state index contributed by atoms with van der Waals surface area (Å²) in [5.74, 6) is -0.846. The number of para-hydroxylation sites is 1. The number of carboxylic acid groups (broad SMARTS) is 1. The number of anilines is 1. The molecule has 1 fully saturated rings. The van der Waals surface area contributed by atoms with Crippen LogP contribution in [0.5, 0.6) is 0 Å². The van der Waals surface area contributed by atoms with E-state index in [1.165, 1.54) is 0 Å². The van der Waals surface area contributed by atoms with Crippen molar-refractivity contribution >= 4 is 23.3 Å². The lowest BCUT2D eigenvalue weighted by Gasteiger charge is -2.39. The summed E-state index contributed by atoms with van der Waals surface area (Å²) in [5.41, 5.74) is -0.336. The lowest BCUT2D eigenvalue weighted by molar-refractivity contribution is -0.148. The van der Waals surface area contributed by atoms with Gasteiger partial charge in [0.05, 0.1) is 16.8 Å². The van der Waals surface area contributed by atoms with Gasteiger partial charge < -0.3 is 15.2 Å². The monoisotopic (exact) mass is 297 g/mol. The molecule has 1 aliphatic heterocycles. The maximum Gasteiger partial charge on any atom is 0.329 e. The van der Waals surface area contributed by atoms with Gasteiger partial charge in [0.15, 0.2) is 0 Å². The van der Waals surface area contributed by atoms with Crippen molar-refractivity contribution < 1.29 is 14.6 Å². The number of carboxylic acids is 1. The molecule has 1 saturated heterocycles. The zero-order valence-electron chi connectivity index (χ0n) is 11.6. The van der Waals surface area contributed by atoms with Gasteiger partial charge in [0.1, 0.15) is 5.54 Å². The lowest BCUT2D eigenvalue weighted by Crippen LogP contribution is -2.53. The number of benzene rings is 1. The van der Waals surface area contributed by atoms with Crippen molar-refractivity contribution in [1.29, 1.82) is 0 Å². The molecule has 5 heteroatoms. The third-order valence-electron chi connectivity index (χ3n) is 3.73.